The van der Waals surface area contributed by atoms with Crippen molar-refractivity contribution in [2.75, 3.05) is 18.5 Å². The van der Waals surface area contributed by atoms with Crippen LogP contribution in [0.5, 0.6) is 0 Å². The normalized spacial score (nSPS) is 12.4. The van der Waals surface area contributed by atoms with Gasteiger partial charge < -0.3 is 10.1 Å². The average Bonchev–Trinajstić information content (AvgIpc) is 3.43. The number of hydrogen-bond donors (Lipinski definition) is 1. The van der Waals surface area contributed by atoms with Gasteiger partial charge >= 0.3 is 5.97 Å². The van der Waals surface area contributed by atoms with Gasteiger partial charge in [0.25, 0.3) is 17.5 Å². The van der Waals surface area contributed by atoms with E-state index in [1.807, 2.05) is 0 Å². The molecule has 4 rings (SSSR count). The Bertz CT molecular complexity index is 1450. The number of fused-ring (bicyclic) bond motifs is 1. The van der Waals surface area contributed by atoms with Crippen molar-refractivity contribution in [3.8, 4) is 11.1 Å². The molecule has 2 heterocycles. The van der Waals surface area contributed by atoms with E-state index in [0.29, 0.717) is 34.8 Å². The van der Waals surface area contributed by atoms with Crippen LogP contribution in [0.4, 0.5) is 10.7 Å². The fourth-order valence-electron chi connectivity index (χ4n) is 4.29. The van der Waals surface area contributed by atoms with Crippen LogP contribution in [0.15, 0.2) is 47.8 Å². The SMILES string of the molecule is CCOC(=O)c1c(-c2ccc(Cl)cc2)csc1NC(=O)CCCCCN1C(=O)c2cccc([N+](=O)[O-])c2C1=O. The fourth-order valence-corrected chi connectivity index (χ4v) is 5.39. The molecule has 0 radical (unpaired) electrons. The van der Waals surface area contributed by atoms with Crippen LogP contribution >= 0.6 is 22.9 Å². The molecule has 1 aromatic heterocycles. The van der Waals surface area contributed by atoms with Gasteiger partial charge in [-0.25, -0.2) is 4.79 Å². The number of rotatable bonds is 11. The van der Waals surface area contributed by atoms with E-state index >= 15 is 0 Å². The Morgan fingerprint density at radius 3 is 2.49 bits per heavy atom. The summed E-state index contributed by atoms with van der Waals surface area (Å²) in [5.74, 6) is -2.07. The van der Waals surface area contributed by atoms with E-state index in [1.54, 1.807) is 36.6 Å². The number of unbranched alkanes of at least 4 members (excludes halogenated alkanes) is 2. The van der Waals surface area contributed by atoms with Gasteiger partial charge in [-0.3, -0.25) is 29.4 Å². The summed E-state index contributed by atoms with van der Waals surface area (Å²) in [5.41, 5.74) is 1.12. The number of nitro groups is 1. The van der Waals surface area contributed by atoms with Crippen molar-refractivity contribution in [1.82, 2.24) is 4.90 Å². The number of esters is 1. The number of carbonyl (C=O) groups excluding carboxylic acids is 4. The minimum absolute atomic E-state index is 0.0277. The molecule has 0 fully saturated rings. The molecule has 1 aliphatic rings. The van der Waals surface area contributed by atoms with Crippen molar-refractivity contribution in [3.63, 3.8) is 0 Å². The molecule has 10 nitrogen and oxygen atoms in total. The van der Waals surface area contributed by atoms with Gasteiger partial charge in [0, 0.05) is 35.0 Å². The Labute approximate surface area is 232 Å². The van der Waals surface area contributed by atoms with E-state index in [-0.39, 0.29) is 47.9 Å². The zero-order chi connectivity index (χ0) is 28.1. The summed E-state index contributed by atoms with van der Waals surface area (Å²) in [4.78, 5) is 62.2. The van der Waals surface area contributed by atoms with Crippen LogP contribution in [-0.4, -0.2) is 46.7 Å². The summed E-state index contributed by atoms with van der Waals surface area (Å²) in [6.45, 7) is 1.98. The first-order chi connectivity index (χ1) is 18.7. The number of nitrogens with zero attached hydrogens (tertiary/aromatic N) is 2. The third-order valence-electron chi connectivity index (χ3n) is 6.14. The Hall–Kier alpha value is -4.09. The molecule has 0 aliphatic carbocycles. The first-order valence-corrected chi connectivity index (χ1v) is 13.5. The first kappa shape index (κ1) is 27.9. The summed E-state index contributed by atoms with van der Waals surface area (Å²) in [5, 5.41) is 16.8. The number of benzene rings is 2. The topological polar surface area (TPSA) is 136 Å². The molecular weight excluding hydrogens is 546 g/mol. The lowest BCUT2D eigenvalue weighted by atomic mass is 10.0. The first-order valence-electron chi connectivity index (χ1n) is 12.2. The van der Waals surface area contributed by atoms with Crippen molar-refractivity contribution < 1.29 is 28.8 Å². The largest absolute Gasteiger partial charge is 0.462 e. The van der Waals surface area contributed by atoms with Gasteiger partial charge in [-0.05, 0) is 43.5 Å². The number of amides is 3. The van der Waals surface area contributed by atoms with Crippen LogP contribution in [-0.2, 0) is 9.53 Å². The molecule has 2 aromatic carbocycles. The molecule has 0 saturated carbocycles. The van der Waals surface area contributed by atoms with E-state index in [0.717, 1.165) is 10.5 Å². The predicted molar refractivity (Wildman–Crippen MR) is 146 cm³/mol. The second-order valence-corrected chi connectivity index (χ2v) is 9.97. The summed E-state index contributed by atoms with van der Waals surface area (Å²) in [7, 11) is 0. The standard InChI is InChI=1S/C27H24ClN3O7S/c1-2-38-27(35)23-19(16-10-12-17(28)13-11-16)15-39-24(23)29-21(32)9-4-3-5-14-30-25(33)18-7-6-8-20(31(36)37)22(18)26(30)34/h6-8,10-13,15H,2-5,9,14H2,1H3,(H,29,32). The van der Waals surface area contributed by atoms with Gasteiger partial charge in [0.1, 0.15) is 16.1 Å². The van der Waals surface area contributed by atoms with Gasteiger partial charge in [0.15, 0.2) is 0 Å². The molecule has 0 atom stereocenters. The van der Waals surface area contributed by atoms with E-state index in [1.165, 1.54) is 29.5 Å². The predicted octanol–water partition coefficient (Wildman–Crippen LogP) is 5.95. The van der Waals surface area contributed by atoms with Crippen LogP contribution in [0.1, 0.15) is 63.7 Å². The van der Waals surface area contributed by atoms with Gasteiger partial charge in [-0.2, -0.15) is 0 Å². The van der Waals surface area contributed by atoms with Crippen molar-refractivity contribution >= 4 is 57.3 Å². The minimum Gasteiger partial charge on any atom is -0.462 e. The third kappa shape index (κ3) is 5.99. The van der Waals surface area contributed by atoms with E-state index in [2.05, 4.69) is 5.32 Å². The molecule has 0 unspecified atom stereocenters. The molecule has 1 N–H and O–H groups in total. The number of ether oxygens (including phenoxy) is 1. The highest BCUT2D eigenvalue weighted by Gasteiger charge is 2.40. The lowest BCUT2D eigenvalue weighted by Crippen LogP contribution is -2.30. The minimum atomic E-state index is -0.680. The maximum absolute atomic E-state index is 12.7. The van der Waals surface area contributed by atoms with Crippen molar-refractivity contribution in [2.45, 2.75) is 32.6 Å². The smallest absolute Gasteiger partial charge is 0.341 e. The number of carbonyl (C=O) groups is 4. The van der Waals surface area contributed by atoms with E-state index < -0.39 is 22.7 Å². The molecule has 0 bridgehead atoms. The van der Waals surface area contributed by atoms with Crippen LogP contribution < -0.4 is 5.32 Å². The second-order valence-electron chi connectivity index (χ2n) is 8.66. The lowest BCUT2D eigenvalue weighted by Gasteiger charge is -2.13. The molecule has 3 amide bonds. The highest BCUT2D eigenvalue weighted by Crippen LogP contribution is 2.37. The number of hydrogen-bond acceptors (Lipinski definition) is 8. The molecule has 39 heavy (non-hydrogen) atoms. The van der Waals surface area contributed by atoms with Crippen LogP contribution in [0.3, 0.4) is 0 Å². The summed E-state index contributed by atoms with van der Waals surface area (Å²) < 4.78 is 5.21. The number of halogens is 1. The lowest BCUT2D eigenvalue weighted by molar-refractivity contribution is -0.385. The summed E-state index contributed by atoms with van der Waals surface area (Å²) in [6.07, 6.45) is 1.60. The zero-order valence-corrected chi connectivity index (χ0v) is 22.5. The molecular formula is C27H24ClN3O7S. The second kappa shape index (κ2) is 12.2. The summed E-state index contributed by atoms with van der Waals surface area (Å²) in [6, 6.07) is 11.0. The average molecular weight is 570 g/mol. The quantitative estimate of drug-likeness (QED) is 0.0990. The van der Waals surface area contributed by atoms with Gasteiger partial charge in [0.2, 0.25) is 5.91 Å². The van der Waals surface area contributed by atoms with E-state index in [9.17, 15) is 29.3 Å². The highest BCUT2D eigenvalue weighted by molar-refractivity contribution is 7.15. The maximum Gasteiger partial charge on any atom is 0.341 e. The Morgan fingerprint density at radius 2 is 1.79 bits per heavy atom. The fraction of sp³-hybridized carbons (Fsp3) is 0.259. The number of anilines is 1. The molecule has 3 aromatic rings. The maximum atomic E-state index is 12.7. The molecule has 0 spiro atoms. The number of nitro benzene ring substituents is 1. The third-order valence-corrected chi connectivity index (χ3v) is 7.29. The number of nitrogens with one attached hydrogen (secondary N) is 1. The molecule has 12 heteroatoms. The van der Waals surface area contributed by atoms with E-state index in [4.69, 9.17) is 16.3 Å². The Morgan fingerprint density at radius 1 is 1.05 bits per heavy atom. The molecule has 202 valence electrons. The van der Waals surface area contributed by atoms with Gasteiger partial charge in [0.05, 0.1) is 17.1 Å². The van der Waals surface area contributed by atoms with Gasteiger partial charge in [-0.1, -0.05) is 36.2 Å². The number of imide groups is 1. The number of thiophene rings is 1. The summed E-state index contributed by atoms with van der Waals surface area (Å²) >= 11 is 7.20. The zero-order valence-electron chi connectivity index (χ0n) is 20.9. The van der Waals surface area contributed by atoms with Crippen molar-refractivity contribution in [1.29, 1.82) is 0 Å². The highest BCUT2D eigenvalue weighted by atomic mass is 35.5. The molecule has 1 aliphatic heterocycles. The monoisotopic (exact) mass is 569 g/mol. The Kier molecular flexibility index (Phi) is 8.72. The van der Waals surface area contributed by atoms with Crippen LogP contribution in [0.25, 0.3) is 11.1 Å². The van der Waals surface area contributed by atoms with Gasteiger partial charge in [-0.15, -0.1) is 11.3 Å². The Balaban J connectivity index is 1.32. The van der Waals surface area contributed by atoms with Crippen molar-refractivity contribution in [2.24, 2.45) is 0 Å². The van der Waals surface area contributed by atoms with Crippen LogP contribution in [0, 0.1) is 10.1 Å². The van der Waals surface area contributed by atoms with Crippen LogP contribution in [0.2, 0.25) is 5.02 Å². The molecule has 0 saturated heterocycles. The van der Waals surface area contributed by atoms with Crippen molar-refractivity contribution in [3.05, 3.63) is 79.7 Å².